The number of nitrogens with zero attached hydrogens (tertiary/aromatic N) is 1. The molecule has 1 saturated heterocycles. The van der Waals surface area contributed by atoms with E-state index in [-0.39, 0.29) is 18.0 Å². The molecule has 1 heterocycles. The lowest BCUT2D eigenvalue weighted by atomic mass is 9.74. The van der Waals surface area contributed by atoms with Gasteiger partial charge in [-0.2, -0.15) is 0 Å². The summed E-state index contributed by atoms with van der Waals surface area (Å²) in [5.41, 5.74) is -0.352. The second-order valence-corrected chi connectivity index (χ2v) is 10.8. The van der Waals surface area contributed by atoms with Crippen LogP contribution in [0.3, 0.4) is 0 Å². The molecule has 3 rings (SSSR count). The third kappa shape index (κ3) is 8.09. The van der Waals surface area contributed by atoms with Gasteiger partial charge in [0, 0.05) is 43.2 Å². The molecule has 0 aromatic heterocycles. The topological polar surface area (TPSA) is 93.7 Å². The lowest BCUT2D eigenvalue weighted by molar-refractivity contribution is -0.109. The second-order valence-electron chi connectivity index (χ2n) is 10.3. The van der Waals surface area contributed by atoms with E-state index in [1.165, 1.54) is 32.1 Å². The number of aliphatic hydroxyl groups is 1. The van der Waals surface area contributed by atoms with Gasteiger partial charge in [-0.05, 0) is 62.8 Å². The lowest BCUT2D eigenvalue weighted by Crippen LogP contribution is -2.54. The van der Waals surface area contributed by atoms with Crippen LogP contribution in [0.15, 0.2) is 24.3 Å². The molecular formula is C27H43ClN4O3. The maximum absolute atomic E-state index is 13.3. The van der Waals surface area contributed by atoms with E-state index in [0.717, 1.165) is 31.4 Å². The number of hydrogen-bond donors (Lipinski definition) is 4. The van der Waals surface area contributed by atoms with Crippen molar-refractivity contribution in [3.63, 3.8) is 0 Å². The zero-order chi connectivity index (χ0) is 25.1. The standard InChI is InChI=1S/C27H43ClN4O3/c1-29-18-25(16-21-8-3-2-4-9-21)31-26(34)32-15-6-11-23(19-32)27(35,13-7-14-30-20-33)22-10-5-12-24(28)17-22/h5,10,12,17,20-21,23,25,29,35H,2-4,6-9,11,13-16,18-19H2,1H3,(H,30,33)(H,31,34)/t23-,25?,27-/m1/s1. The number of likely N-dealkylation sites (N-methyl/N-ethyl adjacent to an activating group) is 1. The Bertz CT molecular complexity index is 804. The highest BCUT2D eigenvalue weighted by Crippen LogP contribution is 2.40. The molecule has 1 aliphatic carbocycles. The summed E-state index contributed by atoms with van der Waals surface area (Å²) >= 11 is 6.27. The van der Waals surface area contributed by atoms with Crippen molar-refractivity contribution in [1.82, 2.24) is 20.9 Å². The Labute approximate surface area is 215 Å². The maximum atomic E-state index is 13.3. The molecule has 2 aliphatic rings. The fraction of sp³-hybridized carbons (Fsp3) is 0.704. The first-order chi connectivity index (χ1) is 17.0. The van der Waals surface area contributed by atoms with Gasteiger partial charge < -0.3 is 26.0 Å². The van der Waals surface area contributed by atoms with Crippen LogP contribution in [0.2, 0.25) is 5.02 Å². The number of carbonyl (C=O) groups excluding carboxylic acids is 2. The summed E-state index contributed by atoms with van der Waals surface area (Å²) in [7, 11) is 1.93. The summed E-state index contributed by atoms with van der Waals surface area (Å²) in [6.07, 6.45) is 10.9. The maximum Gasteiger partial charge on any atom is 0.317 e. The molecule has 196 valence electrons. The number of urea groups is 1. The molecule has 0 spiro atoms. The van der Waals surface area contributed by atoms with Crippen LogP contribution in [0, 0.1) is 11.8 Å². The van der Waals surface area contributed by atoms with Gasteiger partial charge in [0.15, 0.2) is 0 Å². The van der Waals surface area contributed by atoms with Gasteiger partial charge in [0.25, 0.3) is 0 Å². The highest BCUT2D eigenvalue weighted by molar-refractivity contribution is 6.30. The molecule has 8 heteroatoms. The van der Waals surface area contributed by atoms with Gasteiger partial charge in [0.05, 0.1) is 5.60 Å². The molecule has 1 aromatic rings. The van der Waals surface area contributed by atoms with Gasteiger partial charge in [0.2, 0.25) is 6.41 Å². The number of benzene rings is 1. The molecule has 0 bridgehead atoms. The molecular weight excluding hydrogens is 464 g/mol. The van der Waals surface area contributed by atoms with E-state index in [0.29, 0.717) is 49.8 Å². The SMILES string of the molecule is CNCC(CC1CCCCC1)NC(=O)N1CCC[C@@H]([C@@](O)(CCCNC=O)c2cccc(Cl)c2)C1. The molecule has 1 aliphatic heterocycles. The first-order valence-electron chi connectivity index (χ1n) is 13.3. The van der Waals surface area contributed by atoms with Crippen LogP contribution in [0.1, 0.15) is 69.8 Å². The van der Waals surface area contributed by atoms with Crippen LogP contribution in [0.4, 0.5) is 4.79 Å². The van der Waals surface area contributed by atoms with E-state index in [1.54, 1.807) is 6.07 Å². The molecule has 1 saturated carbocycles. The molecule has 35 heavy (non-hydrogen) atoms. The number of likely N-dealkylation sites (tertiary alicyclic amines) is 1. The summed E-state index contributed by atoms with van der Waals surface area (Å²) in [6, 6.07) is 7.45. The summed E-state index contributed by atoms with van der Waals surface area (Å²) in [4.78, 5) is 25.9. The van der Waals surface area contributed by atoms with Crippen molar-refractivity contribution in [1.29, 1.82) is 0 Å². The Morgan fingerprint density at radius 3 is 2.77 bits per heavy atom. The van der Waals surface area contributed by atoms with Crippen molar-refractivity contribution in [3.05, 3.63) is 34.9 Å². The van der Waals surface area contributed by atoms with Crippen LogP contribution >= 0.6 is 11.6 Å². The van der Waals surface area contributed by atoms with Crippen LogP contribution < -0.4 is 16.0 Å². The van der Waals surface area contributed by atoms with Gasteiger partial charge >= 0.3 is 6.03 Å². The average Bonchev–Trinajstić information content (AvgIpc) is 2.87. The van der Waals surface area contributed by atoms with Crippen LogP contribution in [-0.2, 0) is 10.4 Å². The summed E-state index contributed by atoms with van der Waals surface area (Å²) < 4.78 is 0. The van der Waals surface area contributed by atoms with Gasteiger partial charge in [-0.1, -0.05) is 55.8 Å². The number of amides is 3. The normalized spacial score (nSPS) is 21.7. The summed E-state index contributed by atoms with van der Waals surface area (Å²) in [5.74, 6) is 0.571. The smallest absolute Gasteiger partial charge is 0.317 e. The van der Waals surface area contributed by atoms with Crippen LogP contribution in [0.25, 0.3) is 0 Å². The Kier molecular flexibility index (Phi) is 11.1. The van der Waals surface area contributed by atoms with E-state index in [1.807, 2.05) is 30.1 Å². The number of halogens is 1. The zero-order valence-electron chi connectivity index (χ0n) is 21.1. The Balaban J connectivity index is 1.68. The minimum absolute atomic E-state index is 0.0400. The van der Waals surface area contributed by atoms with Gasteiger partial charge in [0.1, 0.15) is 0 Å². The van der Waals surface area contributed by atoms with Gasteiger partial charge in [-0.25, -0.2) is 4.79 Å². The van der Waals surface area contributed by atoms with E-state index in [2.05, 4.69) is 16.0 Å². The van der Waals surface area contributed by atoms with Crippen molar-refractivity contribution in [2.75, 3.05) is 33.2 Å². The number of carbonyl (C=O) groups is 2. The van der Waals surface area contributed by atoms with Crippen molar-refractivity contribution in [2.24, 2.45) is 11.8 Å². The molecule has 4 N–H and O–H groups in total. The third-order valence-corrected chi connectivity index (χ3v) is 8.03. The number of hydrogen-bond acceptors (Lipinski definition) is 4. The van der Waals surface area contributed by atoms with E-state index in [4.69, 9.17) is 11.6 Å². The predicted octanol–water partition coefficient (Wildman–Crippen LogP) is 4.03. The minimum atomic E-state index is -1.12. The van der Waals surface area contributed by atoms with Crippen molar-refractivity contribution in [2.45, 2.75) is 75.9 Å². The molecule has 1 aromatic carbocycles. The minimum Gasteiger partial charge on any atom is -0.385 e. The fourth-order valence-corrected chi connectivity index (χ4v) is 6.13. The largest absolute Gasteiger partial charge is 0.385 e. The number of rotatable bonds is 12. The third-order valence-electron chi connectivity index (χ3n) is 7.79. The zero-order valence-corrected chi connectivity index (χ0v) is 21.9. The highest BCUT2D eigenvalue weighted by atomic mass is 35.5. The van der Waals surface area contributed by atoms with Crippen molar-refractivity contribution >= 4 is 24.0 Å². The van der Waals surface area contributed by atoms with Gasteiger partial charge in [-0.15, -0.1) is 0 Å². The van der Waals surface area contributed by atoms with E-state index < -0.39 is 5.60 Å². The summed E-state index contributed by atoms with van der Waals surface area (Å²) in [6.45, 7) is 2.44. The first kappa shape index (κ1) is 27.8. The van der Waals surface area contributed by atoms with Gasteiger partial charge in [-0.3, -0.25) is 4.79 Å². The Morgan fingerprint density at radius 2 is 2.06 bits per heavy atom. The Hall–Kier alpha value is -1.83. The average molecular weight is 507 g/mol. The quantitative estimate of drug-likeness (QED) is 0.254. The number of piperidine rings is 1. The van der Waals surface area contributed by atoms with Crippen molar-refractivity contribution in [3.8, 4) is 0 Å². The number of nitrogens with one attached hydrogen (secondary N) is 3. The molecule has 3 amide bonds. The monoisotopic (exact) mass is 506 g/mol. The first-order valence-corrected chi connectivity index (χ1v) is 13.7. The van der Waals surface area contributed by atoms with Crippen LogP contribution in [-0.4, -0.2) is 61.7 Å². The van der Waals surface area contributed by atoms with E-state index >= 15 is 0 Å². The van der Waals surface area contributed by atoms with E-state index in [9.17, 15) is 14.7 Å². The second kappa shape index (κ2) is 14.0. The molecule has 2 fully saturated rings. The summed E-state index contributed by atoms with van der Waals surface area (Å²) in [5, 5.41) is 21.8. The lowest BCUT2D eigenvalue weighted by Gasteiger charge is -2.43. The molecule has 0 radical (unpaired) electrons. The predicted molar refractivity (Wildman–Crippen MR) is 140 cm³/mol. The highest BCUT2D eigenvalue weighted by Gasteiger charge is 2.41. The molecule has 1 unspecified atom stereocenters. The molecule has 3 atom stereocenters. The van der Waals surface area contributed by atoms with Crippen molar-refractivity contribution < 1.29 is 14.7 Å². The molecule has 7 nitrogen and oxygen atoms in total. The fourth-order valence-electron chi connectivity index (χ4n) is 5.94. The Morgan fingerprint density at radius 1 is 1.26 bits per heavy atom. The van der Waals surface area contributed by atoms with Crippen LogP contribution in [0.5, 0.6) is 0 Å².